The summed E-state index contributed by atoms with van der Waals surface area (Å²) in [6.07, 6.45) is 1.35. The zero-order chi connectivity index (χ0) is 22.7. The molecule has 1 aromatic heterocycles. The molecule has 32 heavy (non-hydrogen) atoms. The van der Waals surface area contributed by atoms with Gasteiger partial charge in [-0.15, -0.1) is 0 Å². The zero-order valence-electron chi connectivity index (χ0n) is 18.1. The summed E-state index contributed by atoms with van der Waals surface area (Å²) in [5.41, 5.74) is 2.33. The lowest BCUT2D eigenvalue weighted by Gasteiger charge is -2.34. The number of imidazole rings is 1. The maximum atomic E-state index is 12.8. The van der Waals surface area contributed by atoms with E-state index in [1.807, 2.05) is 31.2 Å². The number of benzene rings is 2. The number of para-hydroxylation sites is 2. The third-order valence-electron chi connectivity index (χ3n) is 5.98. The number of aromatic nitrogens is 2. The Morgan fingerprint density at radius 1 is 1.06 bits per heavy atom. The van der Waals surface area contributed by atoms with E-state index in [1.165, 1.54) is 0 Å². The number of carbonyl (C=O) groups excluding carboxylic acids is 2. The summed E-state index contributed by atoms with van der Waals surface area (Å²) in [6, 6.07) is 12.2. The van der Waals surface area contributed by atoms with E-state index >= 15 is 0 Å². The lowest BCUT2D eigenvalue weighted by molar-refractivity contribution is -0.123. The fourth-order valence-electron chi connectivity index (χ4n) is 4.05. The highest BCUT2D eigenvalue weighted by atomic mass is 16.5. The molecule has 9 heteroatoms. The molecular formula is C23H27N5O4. The number of H-pyrrole nitrogens is 2. The number of piperidine rings is 1. The molecule has 0 aliphatic carbocycles. The van der Waals surface area contributed by atoms with E-state index in [4.69, 9.17) is 4.74 Å². The lowest BCUT2D eigenvalue weighted by Crippen LogP contribution is -2.47. The van der Waals surface area contributed by atoms with E-state index in [0.29, 0.717) is 54.1 Å². The Bertz CT molecular complexity index is 1180. The number of fused-ring (bicyclic) bond motifs is 1. The summed E-state index contributed by atoms with van der Waals surface area (Å²) < 4.78 is 5.30. The number of carbonyl (C=O) groups is 2. The average Bonchev–Trinajstić information content (AvgIpc) is 3.18. The minimum absolute atomic E-state index is 0.0277. The highest BCUT2D eigenvalue weighted by Crippen LogP contribution is 2.26. The van der Waals surface area contributed by atoms with E-state index in [9.17, 15) is 14.4 Å². The van der Waals surface area contributed by atoms with Crippen molar-refractivity contribution >= 4 is 34.2 Å². The minimum atomic E-state index is -0.339. The molecule has 1 unspecified atom stereocenters. The molecule has 2 heterocycles. The van der Waals surface area contributed by atoms with E-state index in [-0.39, 0.29) is 29.5 Å². The summed E-state index contributed by atoms with van der Waals surface area (Å²) in [4.78, 5) is 44.3. The van der Waals surface area contributed by atoms with E-state index < -0.39 is 0 Å². The van der Waals surface area contributed by atoms with Crippen molar-refractivity contribution in [3.63, 3.8) is 0 Å². The van der Waals surface area contributed by atoms with Gasteiger partial charge in [-0.05, 0) is 63.2 Å². The van der Waals surface area contributed by atoms with Crippen molar-refractivity contribution in [2.45, 2.75) is 25.8 Å². The molecule has 168 valence electrons. The first-order chi connectivity index (χ1) is 15.4. The lowest BCUT2D eigenvalue weighted by atomic mass is 9.94. The van der Waals surface area contributed by atoms with Gasteiger partial charge in [-0.3, -0.25) is 14.5 Å². The molecule has 4 N–H and O–H groups in total. The zero-order valence-corrected chi connectivity index (χ0v) is 18.1. The Hall–Kier alpha value is -3.59. The predicted molar refractivity (Wildman–Crippen MR) is 123 cm³/mol. The highest BCUT2D eigenvalue weighted by Gasteiger charge is 2.30. The van der Waals surface area contributed by atoms with Crippen LogP contribution in [0.25, 0.3) is 11.0 Å². The standard InChI is InChI=1S/C23H27N5O4/c1-14(21(29)24-16-7-8-17-19(13-16)27-23(31)26-17)28-11-9-15(10-12-28)22(30)25-18-5-3-4-6-20(18)32-2/h3-8,13-15H,9-12H2,1-2H3,(H,24,29)(H,25,30)(H2,26,27,31). The molecule has 0 spiro atoms. The first-order valence-corrected chi connectivity index (χ1v) is 10.7. The molecule has 2 amide bonds. The number of nitrogens with zero attached hydrogens (tertiary/aromatic N) is 1. The van der Waals surface area contributed by atoms with Gasteiger partial charge in [-0.25, -0.2) is 4.79 Å². The topological polar surface area (TPSA) is 119 Å². The van der Waals surface area contributed by atoms with Crippen molar-refractivity contribution in [2.75, 3.05) is 30.8 Å². The molecular weight excluding hydrogens is 410 g/mol. The predicted octanol–water partition coefficient (Wildman–Crippen LogP) is 2.54. The Labute approximate surface area is 185 Å². The van der Waals surface area contributed by atoms with Gasteiger partial charge in [0, 0.05) is 11.6 Å². The fourth-order valence-corrected chi connectivity index (χ4v) is 4.05. The van der Waals surface area contributed by atoms with Gasteiger partial charge in [0.2, 0.25) is 11.8 Å². The number of rotatable bonds is 6. The maximum Gasteiger partial charge on any atom is 0.323 e. The summed E-state index contributed by atoms with van der Waals surface area (Å²) >= 11 is 0. The van der Waals surface area contributed by atoms with E-state index in [1.54, 1.807) is 25.3 Å². The van der Waals surface area contributed by atoms with Crippen molar-refractivity contribution in [1.82, 2.24) is 14.9 Å². The second-order valence-electron chi connectivity index (χ2n) is 8.00. The Kier molecular flexibility index (Phi) is 6.27. The Morgan fingerprint density at radius 3 is 2.53 bits per heavy atom. The van der Waals surface area contributed by atoms with Crippen LogP contribution in [0.2, 0.25) is 0 Å². The number of hydrogen-bond acceptors (Lipinski definition) is 5. The SMILES string of the molecule is COc1ccccc1NC(=O)C1CCN(C(C)C(=O)Nc2ccc3[nH]c(=O)[nH]c3c2)CC1. The second-order valence-corrected chi connectivity index (χ2v) is 8.00. The number of hydrogen-bond donors (Lipinski definition) is 4. The third kappa shape index (κ3) is 4.67. The normalized spacial score (nSPS) is 15.9. The molecule has 0 saturated carbocycles. The Morgan fingerprint density at radius 2 is 1.78 bits per heavy atom. The van der Waals surface area contributed by atoms with Gasteiger partial charge in [0.15, 0.2) is 0 Å². The quantitative estimate of drug-likeness (QED) is 0.473. The second kappa shape index (κ2) is 9.27. The number of methoxy groups -OCH3 is 1. The molecule has 2 aromatic carbocycles. The van der Waals surface area contributed by atoms with Gasteiger partial charge in [0.1, 0.15) is 5.75 Å². The van der Waals surface area contributed by atoms with Gasteiger partial charge >= 0.3 is 5.69 Å². The monoisotopic (exact) mass is 437 g/mol. The van der Waals surface area contributed by atoms with Crippen LogP contribution in [-0.2, 0) is 9.59 Å². The summed E-state index contributed by atoms with van der Waals surface area (Å²) in [7, 11) is 1.58. The molecule has 4 rings (SSSR count). The fraction of sp³-hybridized carbons (Fsp3) is 0.348. The number of aromatic amines is 2. The first-order valence-electron chi connectivity index (χ1n) is 10.7. The summed E-state index contributed by atoms with van der Waals surface area (Å²) in [6.45, 7) is 3.17. The summed E-state index contributed by atoms with van der Waals surface area (Å²) in [5.74, 6) is 0.365. The number of ether oxygens (including phenoxy) is 1. The van der Waals surface area contributed by atoms with Gasteiger partial charge < -0.3 is 25.3 Å². The van der Waals surface area contributed by atoms with Crippen LogP contribution in [0.4, 0.5) is 11.4 Å². The molecule has 1 atom stereocenters. The van der Waals surface area contributed by atoms with Crippen molar-refractivity contribution < 1.29 is 14.3 Å². The number of amides is 2. The van der Waals surface area contributed by atoms with Crippen LogP contribution in [0.3, 0.4) is 0 Å². The number of nitrogens with one attached hydrogen (secondary N) is 4. The average molecular weight is 438 g/mol. The smallest absolute Gasteiger partial charge is 0.323 e. The third-order valence-corrected chi connectivity index (χ3v) is 5.98. The molecule has 0 bridgehead atoms. The van der Waals surface area contributed by atoms with Gasteiger partial charge in [-0.1, -0.05) is 12.1 Å². The van der Waals surface area contributed by atoms with Crippen LogP contribution in [0.1, 0.15) is 19.8 Å². The van der Waals surface area contributed by atoms with Crippen LogP contribution < -0.4 is 21.1 Å². The van der Waals surface area contributed by atoms with Crippen molar-refractivity contribution in [3.8, 4) is 5.75 Å². The first kappa shape index (κ1) is 21.6. The Balaban J connectivity index is 1.31. The molecule has 1 saturated heterocycles. The molecule has 1 aliphatic rings. The molecule has 0 radical (unpaired) electrons. The van der Waals surface area contributed by atoms with Crippen LogP contribution >= 0.6 is 0 Å². The molecule has 1 aliphatic heterocycles. The number of anilines is 2. The summed E-state index contributed by atoms with van der Waals surface area (Å²) in [5, 5.41) is 5.87. The van der Waals surface area contributed by atoms with E-state index in [0.717, 1.165) is 0 Å². The van der Waals surface area contributed by atoms with Gasteiger partial charge in [-0.2, -0.15) is 0 Å². The van der Waals surface area contributed by atoms with Gasteiger partial charge in [0.25, 0.3) is 0 Å². The highest BCUT2D eigenvalue weighted by molar-refractivity contribution is 5.96. The molecule has 1 fully saturated rings. The van der Waals surface area contributed by atoms with Crippen molar-refractivity contribution in [1.29, 1.82) is 0 Å². The van der Waals surface area contributed by atoms with E-state index in [2.05, 4.69) is 25.5 Å². The van der Waals surface area contributed by atoms with Gasteiger partial charge in [0.05, 0.1) is 29.9 Å². The number of likely N-dealkylation sites (tertiary alicyclic amines) is 1. The van der Waals surface area contributed by atoms with Crippen molar-refractivity contribution in [3.05, 3.63) is 52.9 Å². The largest absolute Gasteiger partial charge is 0.495 e. The van der Waals surface area contributed by atoms with Crippen molar-refractivity contribution in [2.24, 2.45) is 5.92 Å². The maximum absolute atomic E-state index is 12.8. The molecule has 9 nitrogen and oxygen atoms in total. The minimum Gasteiger partial charge on any atom is -0.495 e. The van der Waals surface area contributed by atoms with Crippen LogP contribution in [0.15, 0.2) is 47.3 Å². The van der Waals surface area contributed by atoms with Crippen LogP contribution in [0.5, 0.6) is 5.75 Å². The molecule has 3 aromatic rings. The van der Waals surface area contributed by atoms with Crippen LogP contribution in [0, 0.1) is 5.92 Å². The van der Waals surface area contributed by atoms with Crippen LogP contribution in [-0.4, -0.2) is 52.9 Å².